The summed E-state index contributed by atoms with van der Waals surface area (Å²) in [6, 6.07) is 16.0. The summed E-state index contributed by atoms with van der Waals surface area (Å²) in [6.45, 7) is 0. The van der Waals surface area contributed by atoms with Crippen LogP contribution in [0, 0.1) is 0 Å². The van der Waals surface area contributed by atoms with Crippen molar-refractivity contribution in [2.45, 2.75) is 4.83 Å². The van der Waals surface area contributed by atoms with Gasteiger partial charge in [-0.05, 0) is 17.7 Å². The lowest BCUT2D eigenvalue weighted by Crippen LogP contribution is -2.00. The molecule has 0 spiro atoms. The van der Waals surface area contributed by atoms with Crippen LogP contribution in [0.1, 0.15) is 16.0 Å². The Morgan fingerprint density at radius 2 is 1.39 bits per heavy atom. The second kappa shape index (κ2) is 5.91. The molecule has 0 aromatic heterocycles. The highest BCUT2D eigenvalue weighted by molar-refractivity contribution is 9.09. The Balaban J connectivity index is 2.49. The standard InChI is InChI=1S/C15H15BrO2/c1-17-12-9-6-10-13(18-2)14(12)15(16)11-7-4-3-5-8-11/h3-10,15H,1-2H3. The van der Waals surface area contributed by atoms with Gasteiger partial charge in [0.2, 0.25) is 0 Å². The SMILES string of the molecule is COc1cccc(OC)c1C(Br)c1ccccc1. The highest BCUT2D eigenvalue weighted by atomic mass is 79.9. The molecule has 0 saturated heterocycles. The van der Waals surface area contributed by atoms with E-state index in [-0.39, 0.29) is 4.83 Å². The number of hydrogen-bond acceptors (Lipinski definition) is 2. The molecule has 0 fully saturated rings. The van der Waals surface area contributed by atoms with Gasteiger partial charge in [-0.1, -0.05) is 52.3 Å². The van der Waals surface area contributed by atoms with E-state index in [1.54, 1.807) is 14.2 Å². The van der Waals surface area contributed by atoms with Gasteiger partial charge in [0.25, 0.3) is 0 Å². The van der Waals surface area contributed by atoms with E-state index in [2.05, 4.69) is 28.1 Å². The molecule has 3 heteroatoms. The predicted molar refractivity (Wildman–Crippen MR) is 76.8 cm³/mol. The van der Waals surface area contributed by atoms with Gasteiger partial charge in [0.1, 0.15) is 11.5 Å². The summed E-state index contributed by atoms with van der Waals surface area (Å²) in [5.74, 6) is 1.64. The molecule has 2 rings (SSSR count). The normalized spacial score (nSPS) is 11.9. The lowest BCUT2D eigenvalue weighted by molar-refractivity contribution is 0.386. The Hall–Kier alpha value is -1.48. The molecule has 0 saturated carbocycles. The van der Waals surface area contributed by atoms with E-state index in [4.69, 9.17) is 9.47 Å². The van der Waals surface area contributed by atoms with E-state index in [1.807, 2.05) is 36.4 Å². The van der Waals surface area contributed by atoms with Crippen LogP contribution >= 0.6 is 15.9 Å². The summed E-state index contributed by atoms with van der Waals surface area (Å²) in [7, 11) is 3.34. The van der Waals surface area contributed by atoms with Crippen molar-refractivity contribution in [3.63, 3.8) is 0 Å². The van der Waals surface area contributed by atoms with Gasteiger partial charge < -0.3 is 9.47 Å². The molecule has 2 nitrogen and oxygen atoms in total. The summed E-state index contributed by atoms with van der Waals surface area (Å²) < 4.78 is 10.8. The second-order valence-electron chi connectivity index (χ2n) is 3.85. The van der Waals surface area contributed by atoms with Gasteiger partial charge in [0.15, 0.2) is 0 Å². The molecular weight excluding hydrogens is 292 g/mol. The minimum Gasteiger partial charge on any atom is -0.496 e. The number of ether oxygens (including phenoxy) is 2. The predicted octanol–water partition coefficient (Wildman–Crippen LogP) is 4.19. The molecule has 1 unspecified atom stereocenters. The first-order valence-electron chi connectivity index (χ1n) is 5.68. The van der Waals surface area contributed by atoms with Crippen molar-refractivity contribution in [3.05, 3.63) is 59.7 Å². The van der Waals surface area contributed by atoms with Crippen LogP contribution in [0.5, 0.6) is 11.5 Å². The average Bonchev–Trinajstić information content (AvgIpc) is 2.46. The van der Waals surface area contributed by atoms with E-state index in [1.165, 1.54) is 5.56 Å². The summed E-state index contributed by atoms with van der Waals surface area (Å²) in [4.78, 5) is 0.0461. The van der Waals surface area contributed by atoms with Crippen LogP contribution in [0.25, 0.3) is 0 Å². The molecule has 0 heterocycles. The zero-order chi connectivity index (χ0) is 13.0. The van der Waals surface area contributed by atoms with E-state index in [9.17, 15) is 0 Å². The van der Waals surface area contributed by atoms with Crippen LogP contribution in [-0.4, -0.2) is 14.2 Å². The molecule has 94 valence electrons. The molecular formula is C15H15BrO2. The fraction of sp³-hybridized carbons (Fsp3) is 0.200. The fourth-order valence-corrected chi connectivity index (χ4v) is 2.67. The van der Waals surface area contributed by atoms with Crippen molar-refractivity contribution in [2.24, 2.45) is 0 Å². The van der Waals surface area contributed by atoms with Crippen LogP contribution in [-0.2, 0) is 0 Å². The Labute approximate surface area is 116 Å². The van der Waals surface area contributed by atoms with E-state index >= 15 is 0 Å². The summed E-state index contributed by atoms with van der Waals surface area (Å²) in [5.41, 5.74) is 2.17. The molecule has 0 aliphatic carbocycles. The zero-order valence-electron chi connectivity index (χ0n) is 10.4. The summed E-state index contributed by atoms with van der Waals surface area (Å²) in [6.07, 6.45) is 0. The molecule has 0 aliphatic heterocycles. The number of alkyl halides is 1. The molecule has 1 atom stereocenters. The molecule has 0 N–H and O–H groups in total. The van der Waals surface area contributed by atoms with Gasteiger partial charge in [-0.2, -0.15) is 0 Å². The maximum Gasteiger partial charge on any atom is 0.127 e. The minimum atomic E-state index is 0.0461. The molecule has 0 aliphatic rings. The third-order valence-electron chi connectivity index (χ3n) is 2.81. The quantitative estimate of drug-likeness (QED) is 0.789. The van der Waals surface area contributed by atoms with Crippen molar-refractivity contribution < 1.29 is 9.47 Å². The fourth-order valence-electron chi connectivity index (χ4n) is 1.92. The molecule has 2 aromatic rings. The number of methoxy groups -OCH3 is 2. The van der Waals surface area contributed by atoms with Crippen molar-refractivity contribution in [1.29, 1.82) is 0 Å². The van der Waals surface area contributed by atoms with Crippen molar-refractivity contribution >= 4 is 15.9 Å². The third kappa shape index (κ3) is 2.51. The average molecular weight is 307 g/mol. The van der Waals surface area contributed by atoms with Gasteiger partial charge in [0, 0.05) is 0 Å². The van der Waals surface area contributed by atoms with Crippen molar-refractivity contribution in [3.8, 4) is 11.5 Å². The van der Waals surface area contributed by atoms with Crippen molar-refractivity contribution in [2.75, 3.05) is 14.2 Å². The van der Waals surface area contributed by atoms with Crippen molar-refractivity contribution in [1.82, 2.24) is 0 Å². The maximum atomic E-state index is 5.42. The largest absolute Gasteiger partial charge is 0.496 e. The van der Waals surface area contributed by atoms with Crippen LogP contribution in [0.15, 0.2) is 48.5 Å². The Kier molecular flexibility index (Phi) is 4.26. The highest BCUT2D eigenvalue weighted by Crippen LogP contribution is 2.42. The number of halogens is 1. The molecule has 0 bridgehead atoms. The smallest absolute Gasteiger partial charge is 0.127 e. The van der Waals surface area contributed by atoms with Crippen LogP contribution in [0.4, 0.5) is 0 Å². The maximum absolute atomic E-state index is 5.42. The van der Waals surface area contributed by atoms with Crippen LogP contribution in [0.3, 0.4) is 0 Å². The highest BCUT2D eigenvalue weighted by Gasteiger charge is 2.19. The van der Waals surface area contributed by atoms with E-state index in [0.29, 0.717) is 0 Å². The van der Waals surface area contributed by atoms with Crippen LogP contribution in [0.2, 0.25) is 0 Å². The van der Waals surface area contributed by atoms with Gasteiger partial charge >= 0.3 is 0 Å². The number of benzene rings is 2. The monoisotopic (exact) mass is 306 g/mol. The summed E-state index contributed by atoms with van der Waals surface area (Å²) in [5, 5.41) is 0. The first kappa shape index (κ1) is 13.0. The lowest BCUT2D eigenvalue weighted by atomic mass is 10.0. The van der Waals surface area contributed by atoms with E-state index in [0.717, 1.165) is 17.1 Å². The Bertz CT molecular complexity index is 489. The lowest BCUT2D eigenvalue weighted by Gasteiger charge is -2.18. The molecule has 18 heavy (non-hydrogen) atoms. The van der Waals surface area contributed by atoms with Crippen LogP contribution < -0.4 is 9.47 Å². The molecule has 0 radical (unpaired) electrons. The Morgan fingerprint density at radius 1 is 0.833 bits per heavy atom. The third-order valence-corrected chi connectivity index (χ3v) is 3.80. The number of hydrogen-bond donors (Lipinski definition) is 0. The van der Waals surface area contributed by atoms with E-state index < -0.39 is 0 Å². The molecule has 0 amide bonds. The Morgan fingerprint density at radius 3 is 1.89 bits per heavy atom. The van der Waals surface area contributed by atoms with Gasteiger partial charge in [-0.3, -0.25) is 0 Å². The van der Waals surface area contributed by atoms with Gasteiger partial charge in [-0.15, -0.1) is 0 Å². The summed E-state index contributed by atoms with van der Waals surface area (Å²) >= 11 is 3.72. The van der Waals surface area contributed by atoms with Gasteiger partial charge in [-0.25, -0.2) is 0 Å². The minimum absolute atomic E-state index is 0.0461. The number of rotatable bonds is 4. The first-order valence-corrected chi connectivity index (χ1v) is 6.59. The zero-order valence-corrected chi connectivity index (χ0v) is 12.0. The van der Waals surface area contributed by atoms with Gasteiger partial charge in [0.05, 0.1) is 24.6 Å². The molecule has 2 aromatic carbocycles. The second-order valence-corrected chi connectivity index (χ2v) is 4.77. The topological polar surface area (TPSA) is 18.5 Å². The first-order chi connectivity index (χ1) is 8.77.